The van der Waals surface area contributed by atoms with E-state index in [0.717, 1.165) is 6.42 Å². The maximum absolute atomic E-state index is 11.8. The van der Waals surface area contributed by atoms with Gasteiger partial charge in [0.05, 0.1) is 12.2 Å². The van der Waals surface area contributed by atoms with Crippen molar-refractivity contribution in [1.82, 2.24) is 5.32 Å². The van der Waals surface area contributed by atoms with Crippen LogP contribution in [0.2, 0.25) is 0 Å². The molecular weight excluding hydrogens is 296 g/mol. The predicted molar refractivity (Wildman–Crippen MR) is 88.1 cm³/mol. The number of carbonyl (C=O) groups excluding carboxylic acids is 3. The molecule has 0 saturated heterocycles. The zero-order chi connectivity index (χ0) is 17.2. The molecule has 1 aromatic carbocycles. The Kier molecular flexibility index (Phi) is 7.80. The van der Waals surface area contributed by atoms with E-state index in [2.05, 4.69) is 24.5 Å². The van der Waals surface area contributed by atoms with Crippen molar-refractivity contribution in [2.75, 3.05) is 18.5 Å². The van der Waals surface area contributed by atoms with Crippen molar-refractivity contribution in [3.05, 3.63) is 29.8 Å². The summed E-state index contributed by atoms with van der Waals surface area (Å²) in [5.74, 6) is -0.598. The maximum Gasteiger partial charge on any atom is 0.338 e. The highest BCUT2D eigenvalue weighted by Gasteiger charge is 2.10. The van der Waals surface area contributed by atoms with Gasteiger partial charge in [0.1, 0.15) is 6.42 Å². The molecule has 0 spiro atoms. The van der Waals surface area contributed by atoms with Gasteiger partial charge in [-0.05, 0) is 43.5 Å². The average Bonchev–Trinajstić information content (AvgIpc) is 2.47. The lowest BCUT2D eigenvalue weighted by Gasteiger charge is -2.08. The first-order valence-corrected chi connectivity index (χ1v) is 7.76. The van der Waals surface area contributed by atoms with Crippen LogP contribution in [0.15, 0.2) is 24.3 Å². The van der Waals surface area contributed by atoms with Gasteiger partial charge in [-0.1, -0.05) is 13.8 Å². The monoisotopic (exact) mass is 320 g/mol. The van der Waals surface area contributed by atoms with Crippen molar-refractivity contribution in [2.45, 2.75) is 33.6 Å². The van der Waals surface area contributed by atoms with Crippen molar-refractivity contribution in [2.24, 2.45) is 5.92 Å². The second-order valence-electron chi connectivity index (χ2n) is 5.56. The van der Waals surface area contributed by atoms with Crippen LogP contribution in [-0.4, -0.2) is 30.9 Å². The smallest absolute Gasteiger partial charge is 0.338 e. The van der Waals surface area contributed by atoms with Crippen LogP contribution >= 0.6 is 0 Å². The minimum absolute atomic E-state index is 0.224. The summed E-state index contributed by atoms with van der Waals surface area (Å²) < 4.78 is 4.88. The summed E-state index contributed by atoms with van der Waals surface area (Å²) in [7, 11) is 0. The fourth-order valence-electron chi connectivity index (χ4n) is 1.82. The number of hydrogen-bond acceptors (Lipinski definition) is 4. The normalized spacial score (nSPS) is 10.3. The van der Waals surface area contributed by atoms with E-state index in [0.29, 0.717) is 30.3 Å². The summed E-state index contributed by atoms with van der Waals surface area (Å²) in [4.78, 5) is 34.9. The first kappa shape index (κ1) is 18.7. The van der Waals surface area contributed by atoms with Crippen molar-refractivity contribution in [1.29, 1.82) is 0 Å². The molecule has 0 saturated carbocycles. The van der Waals surface area contributed by atoms with E-state index in [4.69, 9.17) is 4.74 Å². The van der Waals surface area contributed by atoms with Gasteiger partial charge < -0.3 is 15.4 Å². The van der Waals surface area contributed by atoms with Gasteiger partial charge in [0, 0.05) is 12.2 Å². The molecule has 0 aromatic heterocycles. The first-order chi connectivity index (χ1) is 10.9. The Hall–Kier alpha value is -2.37. The zero-order valence-electron chi connectivity index (χ0n) is 13.8. The molecule has 23 heavy (non-hydrogen) atoms. The largest absolute Gasteiger partial charge is 0.462 e. The number of amides is 2. The lowest BCUT2D eigenvalue weighted by Crippen LogP contribution is -2.29. The Morgan fingerprint density at radius 1 is 1.09 bits per heavy atom. The van der Waals surface area contributed by atoms with Crippen molar-refractivity contribution < 1.29 is 19.1 Å². The van der Waals surface area contributed by atoms with Crippen LogP contribution in [0.25, 0.3) is 0 Å². The van der Waals surface area contributed by atoms with Crippen LogP contribution in [0.4, 0.5) is 5.69 Å². The van der Waals surface area contributed by atoms with Gasteiger partial charge in [0.2, 0.25) is 11.8 Å². The number of benzene rings is 1. The summed E-state index contributed by atoms with van der Waals surface area (Å²) in [5, 5.41) is 5.33. The molecule has 0 aliphatic heterocycles. The first-order valence-electron chi connectivity index (χ1n) is 7.76. The van der Waals surface area contributed by atoms with Gasteiger partial charge in [-0.25, -0.2) is 4.79 Å². The number of rotatable bonds is 8. The highest BCUT2D eigenvalue weighted by atomic mass is 16.5. The van der Waals surface area contributed by atoms with E-state index < -0.39 is 11.9 Å². The highest BCUT2D eigenvalue weighted by molar-refractivity contribution is 6.03. The Labute approximate surface area is 136 Å². The van der Waals surface area contributed by atoms with Gasteiger partial charge in [-0.3, -0.25) is 9.59 Å². The van der Waals surface area contributed by atoms with Crippen molar-refractivity contribution >= 4 is 23.5 Å². The van der Waals surface area contributed by atoms with Crippen molar-refractivity contribution in [3.63, 3.8) is 0 Å². The van der Waals surface area contributed by atoms with Crippen LogP contribution in [0.1, 0.15) is 44.0 Å². The molecule has 2 N–H and O–H groups in total. The van der Waals surface area contributed by atoms with E-state index >= 15 is 0 Å². The number of carbonyl (C=O) groups is 3. The Balaban J connectivity index is 2.42. The van der Waals surface area contributed by atoms with E-state index in [-0.39, 0.29) is 12.3 Å². The Morgan fingerprint density at radius 2 is 1.74 bits per heavy atom. The molecule has 6 nitrogen and oxygen atoms in total. The minimum Gasteiger partial charge on any atom is -0.462 e. The number of esters is 1. The standard InChI is InChI=1S/C17H24N2O4/c1-4-23-17(22)13-5-7-14(8-6-13)19-16(21)11-15(20)18-10-9-12(2)3/h5-8,12H,4,9-11H2,1-3H3,(H,18,20)(H,19,21). The fourth-order valence-corrected chi connectivity index (χ4v) is 1.82. The molecule has 0 bridgehead atoms. The van der Waals surface area contributed by atoms with Gasteiger partial charge in [-0.2, -0.15) is 0 Å². The number of anilines is 1. The molecule has 0 fully saturated rings. The quantitative estimate of drug-likeness (QED) is 0.569. The van der Waals surface area contributed by atoms with E-state index in [9.17, 15) is 14.4 Å². The molecule has 0 heterocycles. The van der Waals surface area contributed by atoms with Crippen LogP contribution in [0, 0.1) is 5.92 Å². The molecule has 0 aliphatic carbocycles. The third-order valence-corrected chi connectivity index (χ3v) is 3.04. The molecule has 1 aromatic rings. The summed E-state index contributed by atoms with van der Waals surface area (Å²) in [6, 6.07) is 6.33. The molecular formula is C17H24N2O4. The average molecular weight is 320 g/mol. The number of hydrogen-bond donors (Lipinski definition) is 2. The van der Waals surface area contributed by atoms with E-state index in [1.807, 2.05) is 0 Å². The van der Waals surface area contributed by atoms with Crippen LogP contribution in [0.5, 0.6) is 0 Å². The van der Waals surface area contributed by atoms with Crippen LogP contribution in [0.3, 0.4) is 0 Å². The van der Waals surface area contributed by atoms with Crippen LogP contribution < -0.4 is 10.6 Å². The number of nitrogens with one attached hydrogen (secondary N) is 2. The molecule has 0 aliphatic rings. The lowest BCUT2D eigenvalue weighted by molar-refractivity contribution is -0.126. The predicted octanol–water partition coefficient (Wildman–Crippen LogP) is 2.35. The molecule has 2 amide bonds. The van der Waals surface area contributed by atoms with Gasteiger partial charge in [0.25, 0.3) is 0 Å². The third-order valence-electron chi connectivity index (χ3n) is 3.04. The highest BCUT2D eigenvalue weighted by Crippen LogP contribution is 2.11. The molecule has 0 unspecified atom stereocenters. The molecule has 0 atom stereocenters. The second kappa shape index (κ2) is 9.61. The molecule has 1 rings (SSSR count). The minimum atomic E-state index is -0.407. The summed E-state index contributed by atoms with van der Waals surface area (Å²) in [5.41, 5.74) is 0.939. The fraction of sp³-hybridized carbons (Fsp3) is 0.471. The van der Waals surface area contributed by atoms with Crippen molar-refractivity contribution in [3.8, 4) is 0 Å². The van der Waals surface area contributed by atoms with Gasteiger partial charge in [0.15, 0.2) is 0 Å². The van der Waals surface area contributed by atoms with E-state index in [1.54, 1.807) is 31.2 Å². The summed E-state index contributed by atoms with van der Waals surface area (Å²) >= 11 is 0. The maximum atomic E-state index is 11.8. The van der Waals surface area contributed by atoms with Crippen LogP contribution in [-0.2, 0) is 14.3 Å². The number of ether oxygens (including phenoxy) is 1. The summed E-state index contributed by atoms with van der Waals surface area (Å²) in [6.07, 6.45) is 0.653. The zero-order valence-corrected chi connectivity index (χ0v) is 13.8. The molecule has 0 radical (unpaired) electrons. The molecule has 126 valence electrons. The topological polar surface area (TPSA) is 84.5 Å². The lowest BCUT2D eigenvalue weighted by atomic mass is 10.1. The Bertz CT molecular complexity index is 538. The summed E-state index contributed by atoms with van der Waals surface area (Å²) in [6.45, 7) is 6.75. The second-order valence-corrected chi connectivity index (χ2v) is 5.56. The Morgan fingerprint density at radius 3 is 2.30 bits per heavy atom. The van der Waals surface area contributed by atoms with Gasteiger partial charge in [-0.15, -0.1) is 0 Å². The van der Waals surface area contributed by atoms with E-state index in [1.165, 1.54) is 0 Å². The molecule has 6 heteroatoms. The van der Waals surface area contributed by atoms with Gasteiger partial charge >= 0.3 is 5.97 Å². The third kappa shape index (κ3) is 7.44. The SMILES string of the molecule is CCOC(=O)c1ccc(NC(=O)CC(=O)NCCC(C)C)cc1.